The minimum atomic E-state index is -0.701. The summed E-state index contributed by atoms with van der Waals surface area (Å²) in [5, 5.41) is 2.20. The largest absolute Gasteiger partial charge is 0.419 e. The molecule has 0 saturated carbocycles. The number of rotatable bonds is 0. The molecule has 1 amide bonds. The predicted molar refractivity (Wildman–Crippen MR) is 28.4 cm³/mol. The molecule has 0 radical (unpaired) electrons. The number of cyclic esters (lactones) is 2. The van der Waals surface area contributed by atoms with Crippen LogP contribution in [0.4, 0.5) is 4.79 Å². The second-order valence-electron chi connectivity index (χ2n) is 1.50. The van der Waals surface area contributed by atoms with Crippen molar-refractivity contribution in [3.8, 4) is 0 Å². The van der Waals surface area contributed by atoms with E-state index in [0.717, 1.165) is 0 Å². The Balaban J connectivity index is 2.81. The van der Waals surface area contributed by atoms with Crippen LogP contribution in [0.3, 0.4) is 0 Å². The smallest absolute Gasteiger partial charge is 0.371 e. The fourth-order valence-corrected chi connectivity index (χ4v) is 0.516. The standard InChI is InChI=1S/C5H5NO3/c1-2-3-4(7)9-5(8)6-3/h2H,1H3,(H,6,8)/b3-2-. The van der Waals surface area contributed by atoms with Crippen LogP contribution in [0.15, 0.2) is 11.8 Å². The lowest BCUT2D eigenvalue weighted by Crippen LogP contribution is -2.10. The third-order valence-corrected chi connectivity index (χ3v) is 0.931. The Morgan fingerprint density at radius 2 is 2.22 bits per heavy atom. The zero-order chi connectivity index (χ0) is 6.85. The molecule has 1 N–H and O–H groups in total. The molecule has 0 aromatic carbocycles. The number of nitrogens with one attached hydrogen (secondary N) is 1. The number of ether oxygens (including phenoxy) is 1. The van der Waals surface area contributed by atoms with Crippen molar-refractivity contribution in [3.05, 3.63) is 11.8 Å². The molecule has 4 nitrogen and oxygen atoms in total. The van der Waals surface area contributed by atoms with Gasteiger partial charge in [0.15, 0.2) is 0 Å². The van der Waals surface area contributed by atoms with Crippen LogP contribution in [0.25, 0.3) is 0 Å². The van der Waals surface area contributed by atoms with E-state index in [9.17, 15) is 9.59 Å². The molecule has 0 atom stereocenters. The van der Waals surface area contributed by atoms with Crippen molar-refractivity contribution in [1.82, 2.24) is 5.32 Å². The summed E-state index contributed by atoms with van der Waals surface area (Å²) >= 11 is 0. The minimum Gasteiger partial charge on any atom is -0.371 e. The molecular weight excluding hydrogens is 122 g/mol. The lowest BCUT2D eigenvalue weighted by Gasteiger charge is -1.82. The lowest BCUT2D eigenvalue weighted by molar-refractivity contribution is -0.130. The summed E-state index contributed by atoms with van der Waals surface area (Å²) < 4.78 is 4.11. The first-order valence-electron chi connectivity index (χ1n) is 2.43. The summed E-state index contributed by atoms with van der Waals surface area (Å²) in [5.41, 5.74) is 0.208. The zero-order valence-corrected chi connectivity index (χ0v) is 4.80. The van der Waals surface area contributed by atoms with Crippen LogP contribution >= 0.6 is 0 Å². The number of carbonyl (C=O) groups excluding carboxylic acids is 2. The molecule has 48 valence electrons. The molecule has 0 bridgehead atoms. The van der Waals surface area contributed by atoms with Gasteiger partial charge in [-0.1, -0.05) is 6.08 Å². The van der Waals surface area contributed by atoms with E-state index in [-0.39, 0.29) is 5.70 Å². The molecule has 1 aliphatic heterocycles. The van der Waals surface area contributed by atoms with Crippen LogP contribution < -0.4 is 5.32 Å². The average Bonchev–Trinajstić information content (AvgIpc) is 2.10. The van der Waals surface area contributed by atoms with Crippen LogP contribution in [0, 0.1) is 0 Å². The second kappa shape index (κ2) is 1.89. The Morgan fingerprint density at radius 3 is 2.44 bits per heavy atom. The van der Waals surface area contributed by atoms with Gasteiger partial charge >= 0.3 is 12.1 Å². The van der Waals surface area contributed by atoms with Gasteiger partial charge in [0.05, 0.1) is 0 Å². The SMILES string of the molecule is C/C=C1\NC(=O)OC1=O. The molecule has 1 fully saturated rings. The molecule has 1 heterocycles. The van der Waals surface area contributed by atoms with Gasteiger partial charge in [-0.15, -0.1) is 0 Å². The number of esters is 1. The molecule has 0 aliphatic carbocycles. The topological polar surface area (TPSA) is 55.4 Å². The maximum Gasteiger partial charge on any atom is 0.419 e. The third kappa shape index (κ3) is 0.910. The highest BCUT2D eigenvalue weighted by atomic mass is 16.6. The Hall–Kier alpha value is -1.32. The van der Waals surface area contributed by atoms with E-state index in [1.165, 1.54) is 6.08 Å². The van der Waals surface area contributed by atoms with Gasteiger partial charge in [0, 0.05) is 0 Å². The zero-order valence-electron chi connectivity index (χ0n) is 4.80. The molecule has 1 aliphatic rings. The summed E-state index contributed by atoms with van der Waals surface area (Å²) in [5.74, 6) is -0.609. The Labute approximate surface area is 51.5 Å². The number of hydrogen-bond donors (Lipinski definition) is 1. The van der Waals surface area contributed by atoms with Gasteiger partial charge in [0.25, 0.3) is 0 Å². The number of hydrogen-bond acceptors (Lipinski definition) is 3. The van der Waals surface area contributed by atoms with E-state index in [4.69, 9.17) is 0 Å². The Bertz CT molecular complexity index is 194. The van der Waals surface area contributed by atoms with Crippen molar-refractivity contribution in [3.63, 3.8) is 0 Å². The third-order valence-electron chi connectivity index (χ3n) is 0.931. The van der Waals surface area contributed by atoms with Crippen LogP contribution in [0.1, 0.15) is 6.92 Å². The summed E-state index contributed by atoms with van der Waals surface area (Å²) in [7, 11) is 0. The van der Waals surface area contributed by atoms with Gasteiger partial charge in [0.1, 0.15) is 5.70 Å². The lowest BCUT2D eigenvalue weighted by atomic mass is 10.4. The van der Waals surface area contributed by atoms with Crippen molar-refractivity contribution in [2.24, 2.45) is 0 Å². The molecule has 4 heteroatoms. The fraction of sp³-hybridized carbons (Fsp3) is 0.200. The van der Waals surface area contributed by atoms with Gasteiger partial charge in [-0.25, -0.2) is 9.59 Å². The highest BCUT2D eigenvalue weighted by Crippen LogP contribution is 2.01. The van der Waals surface area contributed by atoms with E-state index >= 15 is 0 Å². The maximum absolute atomic E-state index is 10.4. The highest BCUT2D eigenvalue weighted by molar-refractivity contribution is 6.03. The van der Waals surface area contributed by atoms with Crippen LogP contribution in [-0.4, -0.2) is 12.1 Å². The van der Waals surface area contributed by atoms with E-state index in [1.54, 1.807) is 6.92 Å². The molecule has 0 aromatic rings. The average molecular weight is 127 g/mol. The first-order valence-corrected chi connectivity index (χ1v) is 2.43. The van der Waals surface area contributed by atoms with E-state index in [1.807, 2.05) is 0 Å². The molecule has 9 heavy (non-hydrogen) atoms. The first kappa shape index (κ1) is 5.81. The summed E-state index contributed by atoms with van der Waals surface area (Å²) in [4.78, 5) is 20.7. The molecule has 0 aromatic heterocycles. The second-order valence-corrected chi connectivity index (χ2v) is 1.50. The van der Waals surface area contributed by atoms with Gasteiger partial charge in [-0.3, -0.25) is 5.32 Å². The van der Waals surface area contributed by atoms with E-state index < -0.39 is 12.1 Å². The van der Waals surface area contributed by atoms with Crippen LogP contribution in [-0.2, 0) is 9.53 Å². The molecule has 0 unspecified atom stereocenters. The van der Waals surface area contributed by atoms with E-state index in [0.29, 0.717) is 0 Å². The van der Waals surface area contributed by atoms with Gasteiger partial charge in [-0.05, 0) is 6.92 Å². The van der Waals surface area contributed by atoms with E-state index in [2.05, 4.69) is 10.1 Å². The predicted octanol–water partition coefficient (Wildman–Crippen LogP) is 0.157. The number of carbonyl (C=O) groups is 2. The number of amides is 1. The van der Waals surface area contributed by atoms with Crippen molar-refractivity contribution < 1.29 is 14.3 Å². The van der Waals surface area contributed by atoms with Gasteiger partial charge < -0.3 is 4.74 Å². The van der Waals surface area contributed by atoms with Crippen LogP contribution in [0.2, 0.25) is 0 Å². The van der Waals surface area contributed by atoms with Crippen molar-refractivity contribution in [2.45, 2.75) is 6.92 Å². The van der Waals surface area contributed by atoms with Gasteiger partial charge in [-0.2, -0.15) is 0 Å². The van der Waals surface area contributed by atoms with Crippen molar-refractivity contribution in [1.29, 1.82) is 0 Å². The summed E-state index contributed by atoms with van der Waals surface area (Å²) in [6, 6.07) is 0. The number of allylic oxidation sites excluding steroid dienone is 1. The quantitative estimate of drug-likeness (QED) is 0.286. The van der Waals surface area contributed by atoms with Gasteiger partial charge in [0.2, 0.25) is 0 Å². The molecule has 0 spiro atoms. The van der Waals surface area contributed by atoms with Crippen LogP contribution in [0.5, 0.6) is 0 Å². The molecular formula is C5H5NO3. The molecule has 1 rings (SSSR count). The molecule has 1 saturated heterocycles. The fourth-order valence-electron chi connectivity index (χ4n) is 0.516. The maximum atomic E-state index is 10.4. The number of alkyl carbamates (subject to hydrolysis) is 1. The Kier molecular flexibility index (Phi) is 1.22. The van der Waals surface area contributed by atoms with Crippen molar-refractivity contribution >= 4 is 12.1 Å². The summed E-state index contributed by atoms with van der Waals surface area (Å²) in [6.45, 7) is 1.64. The summed E-state index contributed by atoms with van der Waals surface area (Å²) in [6.07, 6.45) is 0.779. The highest BCUT2D eigenvalue weighted by Gasteiger charge is 2.24. The normalized spacial score (nSPS) is 22.1. The van der Waals surface area contributed by atoms with Crippen molar-refractivity contribution in [2.75, 3.05) is 0 Å². The Morgan fingerprint density at radius 1 is 1.56 bits per heavy atom. The minimum absolute atomic E-state index is 0.208. The first-order chi connectivity index (χ1) is 4.24. The monoisotopic (exact) mass is 127 g/mol.